The highest BCUT2D eigenvalue weighted by atomic mass is 32.2. The normalized spacial score (nSPS) is 23.8. The molecular weight excluding hydrogens is 304 g/mol. The molecule has 0 spiro atoms. The number of carbonyl (C=O) groups excluding carboxylic acids is 2. The zero-order valence-electron chi connectivity index (χ0n) is 12.4. The maximum absolute atomic E-state index is 11.1. The van der Waals surface area contributed by atoms with Crippen LogP contribution < -0.4 is 0 Å². The van der Waals surface area contributed by atoms with Gasteiger partial charge < -0.3 is 14.2 Å². The van der Waals surface area contributed by atoms with Crippen LogP contribution in [0.4, 0.5) is 0 Å². The van der Waals surface area contributed by atoms with E-state index in [1.54, 1.807) is 6.08 Å². The Hall–Kier alpha value is -1.79. The van der Waals surface area contributed by atoms with Crippen molar-refractivity contribution in [1.82, 2.24) is 0 Å². The predicted octanol–water partition coefficient (Wildman–Crippen LogP) is 2.55. The molecule has 1 aliphatic rings. The summed E-state index contributed by atoms with van der Waals surface area (Å²) in [6.07, 6.45) is 2.55. The number of carbonyl (C=O) groups is 2. The Bertz CT molecular complexity index is 543. The summed E-state index contributed by atoms with van der Waals surface area (Å²) in [4.78, 5) is 23.2. The van der Waals surface area contributed by atoms with Crippen molar-refractivity contribution in [1.29, 1.82) is 0 Å². The molecule has 0 aliphatic carbocycles. The van der Waals surface area contributed by atoms with Crippen LogP contribution in [0.2, 0.25) is 0 Å². The van der Waals surface area contributed by atoms with E-state index in [1.165, 1.54) is 25.6 Å². The fraction of sp³-hybridized carbons (Fsp3) is 0.375. The first-order chi connectivity index (χ1) is 10.5. The summed E-state index contributed by atoms with van der Waals surface area (Å²) in [5.41, 5.74) is -0.227. The third kappa shape index (κ3) is 5.20. The van der Waals surface area contributed by atoms with Crippen molar-refractivity contribution in [2.45, 2.75) is 36.4 Å². The zero-order valence-corrected chi connectivity index (χ0v) is 13.2. The summed E-state index contributed by atoms with van der Waals surface area (Å²) in [7, 11) is 0. The van der Waals surface area contributed by atoms with Gasteiger partial charge in [0.15, 0.2) is 0 Å². The molecule has 1 aromatic carbocycles. The molecule has 6 heteroatoms. The maximum Gasteiger partial charge on any atom is 0.303 e. The van der Waals surface area contributed by atoms with Gasteiger partial charge in [0.2, 0.25) is 0 Å². The highest BCUT2D eigenvalue weighted by molar-refractivity contribution is 8.00. The standard InChI is InChI=1S/C16H18O5S/c1-11(17)19-10-15-14(20-12(2)18)8-9-16(21-15)22-13-6-4-3-5-7-13/h3-9,14-16H,10H2,1-2H3/t14-,15-,16-/m1/s1. The molecule has 1 aliphatic heterocycles. The van der Waals surface area contributed by atoms with Gasteiger partial charge >= 0.3 is 11.9 Å². The first-order valence-electron chi connectivity index (χ1n) is 6.90. The van der Waals surface area contributed by atoms with Gasteiger partial charge in [0.1, 0.15) is 24.3 Å². The van der Waals surface area contributed by atoms with Crippen LogP contribution in [0.25, 0.3) is 0 Å². The summed E-state index contributed by atoms with van der Waals surface area (Å²) in [6, 6.07) is 9.82. The van der Waals surface area contributed by atoms with Gasteiger partial charge in [-0.1, -0.05) is 30.0 Å². The Morgan fingerprint density at radius 2 is 1.86 bits per heavy atom. The van der Waals surface area contributed by atoms with E-state index in [0.29, 0.717) is 0 Å². The SMILES string of the molecule is CC(=O)OC[C@H]1O[C@H](Sc2ccccc2)C=C[C@H]1OC(C)=O. The molecule has 0 N–H and O–H groups in total. The quantitative estimate of drug-likeness (QED) is 0.613. The lowest BCUT2D eigenvalue weighted by Gasteiger charge is -2.31. The molecule has 1 heterocycles. The molecule has 0 unspecified atom stereocenters. The maximum atomic E-state index is 11.1. The van der Waals surface area contributed by atoms with Crippen LogP contribution in [0.5, 0.6) is 0 Å². The zero-order chi connectivity index (χ0) is 15.9. The van der Waals surface area contributed by atoms with Crippen LogP contribution in [-0.4, -0.2) is 36.2 Å². The molecule has 2 rings (SSSR count). The van der Waals surface area contributed by atoms with Crippen LogP contribution >= 0.6 is 11.8 Å². The summed E-state index contributed by atoms with van der Waals surface area (Å²) in [5, 5.41) is 0. The van der Waals surface area contributed by atoms with E-state index >= 15 is 0 Å². The molecule has 3 atom stereocenters. The van der Waals surface area contributed by atoms with Crippen molar-refractivity contribution in [2.75, 3.05) is 6.61 Å². The first-order valence-corrected chi connectivity index (χ1v) is 7.78. The Labute approximate surface area is 133 Å². The van der Waals surface area contributed by atoms with Crippen molar-refractivity contribution >= 4 is 23.7 Å². The second-order valence-electron chi connectivity index (χ2n) is 4.74. The van der Waals surface area contributed by atoms with Crippen LogP contribution in [0.15, 0.2) is 47.4 Å². The fourth-order valence-electron chi connectivity index (χ4n) is 1.96. The van der Waals surface area contributed by atoms with E-state index < -0.39 is 24.1 Å². The predicted molar refractivity (Wildman–Crippen MR) is 82.3 cm³/mol. The summed E-state index contributed by atoms with van der Waals surface area (Å²) in [6.45, 7) is 2.71. The molecule has 0 radical (unpaired) electrons. The van der Waals surface area contributed by atoms with Gasteiger partial charge in [0.05, 0.1) is 0 Å². The van der Waals surface area contributed by atoms with Gasteiger partial charge in [-0.15, -0.1) is 0 Å². The van der Waals surface area contributed by atoms with E-state index in [1.807, 2.05) is 36.4 Å². The van der Waals surface area contributed by atoms with E-state index in [0.717, 1.165) is 4.90 Å². The minimum Gasteiger partial charge on any atom is -0.463 e. The van der Waals surface area contributed by atoms with Gasteiger partial charge in [0.25, 0.3) is 0 Å². The van der Waals surface area contributed by atoms with E-state index in [-0.39, 0.29) is 12.0 Å². The molecule has 0 bridgehead atoms. The van der Waals surface area contributed by atoms with Crippen LogP contribution in [-0.2, 0) is 23.8 Å². The first kappa shape index (κ1) is 16.6. The average Bonchev–Trinajstić information content (AvgIpc) is 2.48. The van der Waals surface area contributed by atoms with Crippen LogP contribution in [0.3, 0.4) is 0 Å². The molecule has 0 amide bonds. The second-order valence-corrected chi connectivity index (χ2v) is 5.91. The Morgan fingerprint density at radius 1 is 1.14 bits per heavy atom. The van der Waals surface area contributed by atoms with E-state index in [2.05, 4.69) is 0 Å². The highest BCUT2D eigenvalue weighted by Gasteiger charge is 2.30. The van der Waals surface area contributed by atoms with Gasteiger partial charge in [-0.25, -0.2) is 0 Å². The third-order valence-electron chi connectivity index (χ3n) is 2.88. The lowest BCUT2D eigenvalue weighted by molar-refractivity contribution is -0.160. The summed E-state index contributed by atoms with van der Waals surface area (Å²) >= 11 is 1.53. The number of ether oxygens (including phenoxy) is 3. The van der Waals surface area contributed by atoms with E-state index in [9.17, 15) is 9.59 Å². The minimum atomic E-state index is -0.551. The number of benzene rings is 1. The molecule has 5 nitrogen and oxygen atoms in total. The van der Waals surface area contributed by atoms with Gasteiger partial charge in [-0.3, -0.25) is 9.59 Å². The molecule has 0 fully saturated rings. The third-order valence-corrected chi connectivity index (χ3v) is 3.93. The van der Waals surface area contributed by atoms with Crippen molar-refractivity contribution in [2.24, 2.45) is 0 Å². The monoisotopic (exact) mass is 322 g/mol. The Balaban J connectivity index is 2.02. The molecular formula is C16H18O5S. The molecule has 22 heavy (non-hydrogen) atoms. The highest BCUT2D eigenvalue weighted by Crippen LogP contribution is 2.29. The number of thioether (sulfide) groups is 1. The summed E-state index contributed by atoms with van der Waals surface area (Å²) < 4.78 is 16.1. The fourth-order valence-corrected chi connectivity index (χ4v) is 2.91. The second kappa shape index (κ2) is 8.00. The summed E-state index contributed by atoms with van der Waals surface area (Å²) in [5.74, 6) is -0.799. The number of rotatable bonds is 5. The molecule has 0 aromatic heterocycles. The lowest BCUT2D eigenvalue weighted by Crippen LogP contribution is -2.40. The van der Waals surface area contributed by atoms with Gasteiger partial charge in [-0.2, -0.15) is 0 Å². The van der Waals surface area contributed by atoms with Gasteiger partial charge in [-0.05, 0) is 24.3 Å². The van der Waals surface area contributed by atoms with E-state index in [4.69, 9.17) is 14.2 Å². The molecule has 0 saturated carbocycles. The Kier molecular flexibility index (Phi) is 6.03. The largest absolute Gasteiger partial charge is 0.463 e. The van der Waals surface area contributed by atoms with Crippen molar-refractivity contribution in [3.05, 3.63) is 42.5 Å². The lowest BCUT2D eigenvalue weighted by atomic mass is 10.1. The van der Waals surface area contributed by atoms with Crippen molar-refractivity contribution < 1.29 is 23.8 Å². The molecule has 0 saturated heterocycles. The minimum absolute atomic E-state index is 0.0451. The Morgan fingerprint density at radius 3 is 2.50 bits per heavy atom. The van der Waals surface area contributed by atoms with Crippen LogP contribution in [0.1, 0.15) is 13.8 Å². The van der Waals surface area contributed by atoms with Crippen LogP contribution in [0, 0.1) is 0 Å². The number of esters is 2. The average molecular weight is 322 g/mol. The topological polar surface area (TPSA) is 61.8 Å². The number of hydrogen-bond acceptors (Lipinski definition) is 6. The molecule has 1 aromatic rings. The smallest absolute Gasteiger partial charge is 0.303 e. The number of hydrogen-bond donors (Lipinski definition) is 0. The molecule has 118 valence electrons. The van der Waals surface area contributed by atoms with Crippen molar-refractivity contribution in [3.63, 3.8) is 0 Å². The van der Waals surface area contributed by atoms with Crippen molar-refractivity contribution in [3.8, 4) is 0 Å². The van der Waals surface area contributed by atoms with Gasteiger partial charge in [0, 0.05) is 18.7 Å².